The van der Waals surface area contributed by atoms with E-state index in [1.54, 1.807) is 18.3 Å². The molecule has 0 aliphatic carbocycles. The molecule has 0 radical (unpaired) electrons. The lowest BCUT2D eigenvalue weighted by molar-refractivity contribution is 0.0706. The van der Waals surface area contributed by atoms with Gasteiger partial charge in [0.2, 0.25) is 0 Å². The second-order valence-corrected chi connectivity index (χ2v) is 5.14. The maximum absolute atomic E-state index is 11.2. The Balaban J connectivity index is 1.74. The number of β-amino-alcohol motifs (C(OH)–C–C–N with tert-alkyl or cyclic N) is 1. The van der Waals surface area contributed by atoms with Crippen molar-refractivity contribution < 1.29 is 9.90 Å². The molecule has 1 aromatic rings. The first-order valence-corrected chi connectivity index (χ1v) is 7.06. The number of piperidine rings is 1. The van der Waals surface area contributed by atoms with Gasteiger partial charge in [-0.2, -0.15) is 0 Å². The second kappa shape index (κ2) is 7.21. The Morgan fingerprint density at radius 3 is 3.20 bits per heavy atom. The molecular weight excluding hydrogens is 256 g/mol. The summed E-state index contributed by atoms with van der Waals surface area (Å²) in [5.74, 6) is 0.0680. The van der Waals surface area contributed by atoms with Gasteiger partial charge in [-0.1, -0.05) is 0 Å². The van der Waals surface area contributed by atoms with Gasteiger partial charge in [0.05, 0.1) is 11.7 Å². The van der Waals surface area contributed by atoms with E-state index < -0.39 is 5.91 Å². The minimum absolute atomic E-state index is 0.186. The number of anilines is 1. The van der Waals surface area contributed by atoms with E-state index in [9.17, 15) is 9.90 Å². The normalized spacial score (nSPS) is 19.8. The molecule has 2 heterocycles. The minimum atomic E-state index is -0.472. The number of pyridine rings is 1. The zero-order valence-electron chi connectivity index (χ0n) is 11.6. The van der Waals surface area contributed by atoms with Crippen molar-refractivity contribution >= 4 is 11.7 Å². The molecule has 2 rings (SSSR count). The molecule has 1 saturated heterocycles. The molecule has 1 fully saturated rings. The van der Waals surface area contributed by atoms with E-state index in [1.165, 1.54) is 0 Å². The summed E-state index contributed by atoms with van der Waals surface area (Å²) in [4.78, 5) is 17.6. The third-order valence-electron chi connectivity index (χ3n) is 3.50. The van der Waals surface area contributed by atoms with Gasteiger partial charge in [0.15, 0.2) is 0 Å². The molecule has 1 unspecified atom stereocenters. The fraction of sp³-hybridized carbons (Fsp3) is 0.571. The van der Waals surface area contributed by atoms with Gasteiger partial charge in [0.25, 0.3) is 5.91 Å². The van der Waals surface area contributed by atoms with E-state index in [-0.39, 0.29) is 6.10 Å². The summed E-state index contributed by atoms with van der Waals surface area (Å²) in [7, 11) is 0. The fourth-order valence-corrected chi connectivity index (χ4v) is 2.49. The van der Waals surface area contributed by atoms with Gasteiger partial charge in [-0.15, -0.1) is 0 Å². The number of nitrogens with two attached hydrogens (primary N) is 1. The highest BCUT2D eigenvalue weighted by molar-refractivity contribution is 5.97. The van der Waals surface area contributed by atoms with Crippen LogP contribution in [0.3, 0.4) is 0 Å². The zero-order chi connectivity index (χ0) is 14.4. The molecule has 20 heavy (non-hydrogen) atoms. The van der Waals surface area contributed by atoms with Crippen LogP contribution >= 0.6 is 0 Å². The summed E-state index contributed by atoms with van der Waals surface area (Å²) in [6.07, 6.45) is 4.34. The fourth-order valence-electron chi connectivity index (χ4n) is 2.49. The van der Waals surface area contributed by atoms with Crippen molar-refractivity contribution in [3.63, 3.8) is 0 Å². The van der Waals surface area contributed by atoms with Gasteiger partial charge in [0.1, 0.15) is 5.82 Å². The Labute approximate surface area is 119 Å². The van der Waals surface area contributed by atoms with Crippen molar-refractivity contribution in [3.05, 3.63) is 23.9 Å². The van der Waals surface area contributed by atoms with E-state index in [0.717, 1.165) is 45.4 Å². The van der Waals surface area contributed by atoms with Gasteiger partial charge in [-0.25, -0.2) is 4.98 Å². The molecule has 6 nitrogen and oxygen atoms in total. The maximum Gasteiger partial charge on any atom is 0.252 e. The van der Waals surface area contributed by atoms with Crippen molar-refractivity contribution in [1.82, 2.24) is 9.88 Å². The van der Waals surface area contributed by atoms with Crippen LogP contribution in [0.15, 0.2) is 18.3 Å². The van der Waals surface area contributed by atoms with Crippen molar-refractivity contribution in [1.29, 1.82) is 0 Å². The van der Waals surface area contributed by atoms with Crippen LogP contribution in [-0.2, 0) is 0 Å². The van der Waals surface area contributed by atoms with Crippen LogP contribution < -0.4 is 11.1 Å². The number of nitrogens with one attached hydrogen (secondary N) is 1. The molecule has 0 bridgehead atoms. The predicted octanol–water partition coefficient (Wildman–Crippen LogP) is 0.439. The molecule has 1 aliphatic rings. The number of carbonyl (C=O) groups excluding carboxylic acids is 1. The Morgan fingerprint density at radius 2 is 2.45 bits per heavy atom. The van der Waals surface area contributed by atoms with Gasteiger partial charge in [-0.3, -0.25) is 4.79 Å². The highest BCUT2D eigenvalue weighted by Gasteiger charge is 2.16. The minimum Gasteiger partial charge on any atom is -0.392 e. The lowest BCUT2D eigenvalue weighted by atomic mass is 10.1. The summed E-state index contributed by atoms with van der Waals surface area (Å²) in [6, 6.07) is 3.36. The molecule has 4 N–H and O–H groups in total. The lowest BCUT2D eigenvalue weighted by Gasteiger charge is -2.29. The van der Waals surface area contributed by atoms with Gasteiger partial charge < -0.3 is 21.1 Å². The molecule has 0 saturated carbocycles. The van der Waals surface area contributed by atoms with Gasteiger partial charge >= 0.3 is 0 Å². The second-order valence-electron chi connectivity index (χ2n) is 5.14. The zero-order valence-corrected chi connectivity index (χ0v) is 11.6. The summed E-state index contributed by atoms with van der Waals surface area (Å²) >= 11 is 0. The Bertz CT molecular complexity index is 453. The van der Waals surface area contributed by atoms with Gasteiger partial charge in [0, 0.05) is 19.3 Å². The Kier molecular flexibility index (Phi) is 5.31. The standard InChI is InChI=1S/C14H22N4O2/c15-13(20)12-5-1-6-16-14(12)17-7-3-9-18-8-2-4-11(19)10-18/h1,5-6,11,19H,2-4,7-10H2,(H2,15,20)(H,16,17). The van der Waals surface area contributed by atoms with E-state index in [2.05, 4.69) is 15.2 Å². The van der Waals surface area contributed by atoms with Crippen molar-refractivity contribution in [3.8, 4) is 0 Å². The van der Waals surface area contributed by atoms with E-state index in [0.29, 0.717) is 11.4 Å². The van der Waals surface area contributed by atoms with E-state index in [1.807, 2.05) is 0 Å². The number of hydrogen-bond acceptors (Lipinski definition) is 5. The highest BCUT2D eigenvalue weighted by atomic mass is 16.3. The molecule has 6 heteroatoms. The first-order chi connectivity index (χ1) is 9.66. The molecule has 1 aromatic heterocycles. The Morgan fingerprint density at radius 1 is 1.60 bits per heavy atom. The van der Waals surface area contributed by atoms with Crippen LogP contribution in [0.1, 0.15) is 29.6 Å². The average molecular weight is 278 g/mol. The van der Waals surface area contributed by atoms with Crippen molar-refractivity contribution in [2.75, 3.05) is 31.5 Å². The van der Waals surface area contributed by atoms with Crippen molar-refractivity contribution in [2.24, 2.45) is 5.73 Å². The number of aliphatic hydroxyl groups excluding tert-OH is 1. The molecule has 0 aromatic carbocycles. The van der Waals surface area contributed by atoms with Crippen LogP contribution in [0.25, 0.3) is 0 Å². The summed E-state index contributed by atoms with van der Waals surface area (Å²) in [5.41, 5.74) is 5.71. The van der Waals surface area contributed by atoms with Crippen molar-refractivity contribution in [2.45, 2.75) is 25.4 Å². The quantitative estimate of drug-likeness (QED) is 0.657. The summed E-state index contributed by atoms with van der Waals surface area (Å²) < 4.78 is 0. The number of hydrogen-bond donors (Lipinski definition) is 3. The summed E-state index contributed by atoms with van der Waals surface area (Å²) in [5, 5.41) is 12.7. The van der Waals surface area contributed by atoms with Crippen LogP contribution in [0.5, 0.6) is 0 Å². The number of primary amides is 1. The van der Waals surface area contributed by atoms with Crippen LogP contribution in [0.4, 0.5) is 5.82 Å². The first-order valence-electron chi connectivity index (χ1n) is 7.06. The van der Waals surface area contributed by atoms with Gasteiger partial charge in [-0.05, 0) is 44.5 Å². The Hall–Kier alpha value is -1.66. The average Bonchev–Trinajstić information content (AvgIpc) is 2.44. The number of rotatable bonds is 6. The molecular formula is C14H22N4O2. The largest absolute Gasteiger partial charge is 0.392 e. The van der Waals surface area contributed by atoms with E-state index >= 15 is 0 Å². The van der Waals surface area contributed by atoms with Crippen LogP contribution in [-0.4, -0.2) is 53.2 Å². The number of amides is 1. The van der Waals surface area contributed by atoms with E-state index in [4.69, 9.17) is 5.73 Å². The summed E-state index contributed by atoms with van der Waals surface area (Å²) in [6.45, 7) is 3.47. The first kappa shape index (κ1) is 14.7. The molecule has 110 valence electrons. The number of aromatic nitrogens is 1. The SMILES string of the molecule is NC(=O)c1cccnc1NCCCN1CCCC(O)C1. The number of nitrogens with zero attached hydrogens (tertiary/aromatic N) is 2. The molecule has 1 atom stereocenters. The monoisotopic (exact) mass is 278 g/mol. The predicted molar refractivity (Wildman–Crippen MR) is 77.5 cm³/mol. The number of carbonyl (C=O) groups is 1. The third kappa shape index (κ3) is 4.18. The molecule has 0 spiro atoms. The maximum atomic E-state index is 11.2. The smallest absolute Gasteiger partial charge is 0.252 e. The molecule has 1 aliphatic heterocycles. The molecule has 1 amide bonds. The van der Waals surface area contributed by atoms with Crippen LogP contribution in [0.2, 0.25) is 0 Å². The highest BCUT2D eigenvalue weighted by Crippen LogP contribution is 2.12. The number of likely N-dealkylation sites (tertiary alicyclic amines) is 1. The third-order valence-corrected chi connectivity index (χ3v) is 3.50. The number of aliphatic hydroxyl groups is 1. The lowest BCUT2D eigenvalue weighted by Crippen LogP contribution is -2.39. The van der Waals surface area contributed by atoms with Crippen LogP contribution in [0, 0.1) is 0 Å². The topological polar surface area (TPSA) is 91.5 Å².